The van der Waals surface area contributed by atoms with Crippen molar-refractivity contribution in [1.82, 2.24) is 5.32 Å². The quantitative estimate of drug-likeness (QED) is 0.676. The predicted molar refractivity (Wildman–Crippen MR) is 116 cm³/mol. The van der Waals surface area contributed by atoms with Crippen LogP contribution in [0, 0.1) is 5.92 Å². The minimum atomic E-state index is 0. The molecule has 28 heavy (non-hydrogen) atoms. The number of piperidine rings is 1. The highest BCUT2D eigenvalue weighted by Gasteiger charge is 2.33. The molecule has 0 spiro atoms. The summed E-state index contributed by atoms with van der Waals surface area (Å²) >= 11 is 0. The van der Waals surface area contributed by atoms with Crippen molar-refractivity contribution >= 4 is 23.2 Å². The Morgan fingerprint density at radius 1 is 1.04 bits per heavy atom. The molecule has 1 fully saturated rings. The SMILES string of the molecule is Cl.c1ccc2c(CCOc3ccc4c(c3)[C@H]3CNCC[C@H]3CO4)cccc2c1. The molecular formula is C24H26ClNO2. The Morgan fingerprint density at radius 3 is 2.89 bits per heavy atom. The maximum atomic E-state index is 6.13. The number of hydrogen-bond donors (Lipinski definition) is 1. The van der Waals surface area contributed by atoms with Gasteiger partial charge < -0.3 is 14.8 Å². The van der Waals surface area contributed by atoms with E-state index in [4.69, 9.17) is 9.47 Å². The zero-order valence-corrected chi connectivity index (χ0v) is 16.7. The van der Waals surface area contributed by atoms with Crippen molar-refractivity contribution < 1.29 is 9.47 Å². The van der Waals surface area contributed by atoms with Crippen molar-refractivity contribution in [1.29, 1.82) is 0 Å². The molecule has 0 amide bonds. The van der Waals surface area contributed by atoms with Crippen LogP contribution in [0.3, 0.4) is 0 Å². The van der Waals surface area contributed by atoms with E-state index in [9.17, 15) is 0 Å². The molecule has 2 heterocycles. The Kier molecular flexibility index (Phi) is 5.74. The molecule has 0 unspecified atom stereocenters. The molecule has 1 saturated heterocycles. The summed E-state index contributed by atoms with van der Waals surface area (Å²) in [5.41, 5.74) is 2.65. The molecule has 146 valence electrons. The molecular weight excluding hydrogens is 370 g/mol. The first-order valence-corrected chi connectivity index (χ1v) is 9.95. The van der Waals surface area contributed by atoms with Gasteiger partial charge in [0.15, 0.2) is 0 Å². The number of benzene rings is 3. The maximum Gasteiger partial charge on any atom is 0.123 e. The normalized spacial score (nSPS) is 20.4. The van der Waals surface area contributed by atoms with Gasteiger partial charge in [0.25, 0.3) is 0 Å². The van der Waals surface area contributed by atoms with Crippen LogP contribution in [0.5, 0.6) is 11.5 Å². The fourth-order valence-electron chi connectivity index (χ4n) is 4.50. The van der Waals surface area contributed by atoms with Gasteiger partial charge >= 0.3 is 0 Å². The van der Waals surface area contributed by atoms with Crippen molar-refractivity contribution in [3.05, 3.63) is 71.8 Å². The number of rotatable bonds is 4. The molecule has 5 rings (SSSR count). The van der Waals surface area contributed by atoms with Crippen LogP contribution >= 0.6 is 12.4 Å². The van der Waals surface area contributed by atoms with Crippen molar-refractivity contribution in [2.75, 3.05) is 26.3 Å². The lowest BCUT2D eigenvalue weighted by Gasteiger charge is -2.37. The van der Waals surface area contributed by atoms with Crippen molar-refractivity contribution in [2.24, 2.45) is 5.92 Å². The Morgan fingerprint density at radius 2 is 1.93 bits per heavy atom. The van der Waals surface area contributed by atoms with Crippen LogP contribution in [0.1, 0.15) is 23.5 Å². The highest BCUT2D eigenvalue weighted by molar-refractivity contribution is 5.86. The monoisotopic (exact) mass is 395 g/mol. The maximum absolute atomic E-state index is 6.13. The van der Waals surface area contributed by atoms with Crippen LogP contribution in [0.15, 0.2) is 60.7 Å². The van der Waals surface area contributed by atoms with Crippen LogP contribution in [0.4, 0.5) is 0 Å². The second kappa shape index (κ2) is 8.42. The molecule has 0 aliphatic carbocycles. The van der Waals surface area contributed by atoms with E-state index in [-0.39, 0.29) is 12.4 Å². The second-order valence-corrected chi connectivity index (χ2v) is 7.61. The second-order valence-electron chi connectivity index (χ2n) is 7.61. The lowest BCUT2D eigenvalue weighted by atomic mass is 9.80. The van der Waals surface area contributed by atoms with Crippen LogP contribution in [-0.4, -0.2) is 26.3 Å². The van der Waals surface area contributed by atoms with E-state index in [1.807, 2.05) is 6.07 Å². The molecule has 3 nitrogen and oxygen atoms in total. The van der Waals surface area contributed by atoms with Crippen LogP contribution in [0.25, 0.3) is 10.8 Å². The molecule has 0 radical (unpaired) electrons. The molecule has 4 heteroatoms. The third-order valence-corrected chi connectivity index (χ3v) is 5.98. The molecule has 0 aromatic heterocycles. The molecule has 3 aromatic carbocycles. The van der Waals surface area contributed by atoms with Gasteiger partial charge in [-0.3, -0.25) is 0 Å². The van der Waals surface area contributed by atoms with Crippen molar-refractivity contribution in [3.8, 4) is 11.5 Å². The third kappa shape index (κ3) is 3.69. The number of nitrogens with one attached hydrogen (secondary N) is 1. The van der Waals surface area contributed by atoms with E-state index < -0.39 is 0 Å². The molecule has 2 aliphatic heterocycles. The van der Waals surface area contributed by atoms with Crippen molar-refractivity contribution in [2.45, 2.75) is 18.8 Å². The summed E-state index contributed by atoms with van der Waals surface area (Å²) in [6.45, 7) is 3.67. The highest BCUT2D eigenvalue weighted by atomic mass is 35.5. The summed E-state index contributed by atoms with van der Waals surface area (Å²) in [5, 5.41) is 6.14. The summed E-state index contributed by atoms with van der Waals surface area (Å²) in [5.74, 6) is 3.15. The smallest absolute Gasteiger partial charge is 0.123 e. The minimum Gasteiger partial charge on any atom is -0.493 e. The lowest BCUT2D eigenvalue weighted by molar-refractivity contribution is 0.164. The third-order valence-electron chi connectivity index (χ3n) is 5.98. The van der Waals surface area contributed by atoms with Crippen molar-refractivity contribution in [3.63, 3.8) is 0 Å². The fourth-order valence-corrected chi connectivity index (χ4v) is 4.50. The molecule has 0 bridgehead atoms. The van der Waals surface area contributed by atoms with Gasteiger partial charge in [-0.2, -0.15) is 0 Å². The summed E-state index contributed by atoms with van der Waals surface area (Å²) < 4.78 is 12.1. The van der Waals surface area contributed by atoms with Gasteiger partial charge in [-0.05, 0) is 47.5 Å². The van der Waals surface area contributed by atoms with Gasteiger partial charge in [0.05, 0.1) is 13.2 Å². The fraction of sp³-hybridized carbons (Fsp3) is 0.333. The topological polar surface area (TPSA) is 30.5 Å². The molecule has 3 aromatic rings. The van der Waals surface area contributed by atoms with Gasteiger partial charge in [-0.15, -0.1) is 12.4 Å². The van der Waals surface area contributed by atoms with Gasteiger partial charge in [0.2, 0.25) is 0 Å². The van der Waals surface area contributed by atoms with Gasteiger partial charge in [0.1, 0.15) is 11.5 Å². The number of hydrogen-bond acceptors (Lipinski definition) is 3. The predicted octanol–water partition coefficient (Wildman–Crippen LogP) is 4.97. The zero-order valence-electron chi connectivity index (χ0n) is 15.9. The molecule has 2 aliphatic rings. The van der Waals surface area contributed by atoms with E-state index in [2.05, 4.69) is 59.9 Å². The van der Waals surface area contributed by atoms with E-state index in [0.717, 1.165) is 37.6 Å². The van der Waals surface area contributed by atoms with Crippen LogP contribution < -0.4 is 14.8 Å². The lowest BCUT2D eigenvalue weighted by Crippen LogP contribution is -2.40. The first-order valence-electron chi connectivity index (χ1n) is 9.95. The summed E-state index contributed by atoms with van der Waals surface area (Å²) in [7, 11) is 0. The first-order chi connectivity index (χ1) is 13.4. The Hall–Kier alpha value is -2.23. The summed E-state index contributed by atoms with van der Waals surface area (Å²) in [6, 6.07) is 21.4. The molecule has 0 saturated carbocycles. The van der Waals surface area contributed by atoms with Gasteiger partial charge in [0, 0.05) is 30.4 Å². The average molecular weight is 396 g/mol. The van der Waals surface area contributed by atoms with E-state index >= 15 is 0 Å². The van der Waals surface area contributed by atoms with E-state index in [1.165, 1.54) is 28.3 Å². The minimum absolute atomic E-state index is 0. The Bertz CT molecular complexity index is 953. The standard InChI is InChI=1S/C24H25NO2.ClH/c1-2-7-21-17(4-1)5-3-6-18(21)11-13-26-20-8-9-24-22(14-20)23-15-25-12-10-19(23)16-27-24;/h1-9,14,19,23,25H,10-13,15-16H2;1H/t19-,23-;/m0./s1. The number of halogens is 1. The highest BCUT2D eigenvalue weighted by Crippen LogP contribution is 2.41. The van der Waals surface area contributed by atoms with Gasteiger partial charge in [-0.1, -0.05) is 42.5 Å². The van der Waals surface area contributed by atoms with Gasteiger partial charge in [-0.25, -0.2) is 0 Å². The summed E-state index contributed by atoms with van der Waals surface area (Å²) in [4.78, 5) is 0. The average Bonchev–Trinajstić information content (AvgIpc) is 2.74. The van der Waals surface area contributed by atoms with E-state index in [1.54, 1.807) is 0 Å². The number of ether oxygens (including phenoxy) is 2. The molecule has 1 N–H and O–H groups in total. The Labute approximate surface area is 172 Å². The first kappa shape index (κ1) is 19.1. The van der Waals surface area contributed by atoms with E-state index in [0.29, 0.717) is 18.4 Å². The zero-order chi connectivity index (χ0) is 18.1. The number of fused-ring (bicyclic) bond motifs is 4. The van der Waals surface area contributed by atoms with Crippen LogP contribution in [-0.2, 0) is 6.42 Å². The summed E-state index contributed by atoms with van der Waals surface area (Å²) in [6.07, 6.45) is 2.10. The largest absolute Gasteiger partial charge is 0.493 e. The molecule has 2 atom stereocenters. The van der Waals surface area contributed by atoms with Crippen LogP contribution in [0.2, 0.25) is 0 Å². The Balaban J connectivity index is 0.00000192.